The molecule has 0 aliphatic rings. The van der Waals surface area contributed by atoms with E-state index in [1.54, 1.807) is 0 Å². The largest absolute Gasteiger partial charge is 0.493 e. The molecule has 18 heteroatoms. The van der Waals surface area contributed by atoms with Crippen LogP contribution in [0.15, 0.2) is 12.1 Å². The summed E-state index contributed by atoms with van der Waals surface area (Å²) >= 11 is 0. The maximum atomic E-state index is 14.3. The Hall–Kier alpha value is -3.27. The zero-order valence-corrected chi connectivity index (χ0v) is 16.6. The summed E-state index contributed by atoms with van der Waals surface area (Å²) in [5, 5.41) is 12.5. The number of nitrogens with zero attached hydrogens (tertiary/aromatic N) is 3. The second-order valence-electron chi connectivity index (χ2n) is 6.27. The number of hydrogen-bond acceptors (Lipinski definition) is 4. The fourth-order valence-corrected chi connectivity index (χ4v) is 2.68. The van der Waals surface area contributed by atoms with Crippen LogP contribution >= 0.6 is 0 Å². The molecule has 1 radical (unpaired) electrons. The third-order valence-corrected chi connectivity index (χ3v) is 4.10. The van der Waals surface area contributed by atoms with E-state index in [1.165, 1.54) is 0 Å². The van der Waals surface area contributed by atoms with Gasteiger partial charge in [-0.2, -0.15) is 44.9 Å². The average molecular weight is 573 g/mol. The van der Waals surface area contributed by atoms with Crippen LogP contribution in [0, 0.1) is 35.0 Å². The van der Waals surface area contributed by atoms with Gasteiger partial charge >= 0.3 is 12.4 Å². The number of hydrogen-bond donors (Lipinski definition) is 1. The van der Waals surface area contributed by atoms with Crippen molar-refractivity contribution in [1.29, 1.82) is 0 Å². The molecule has 2 aromatic heterocycles. The van der Waals surface area contributed by atoms with Gasteiger partial charge in [0, 0.05) is 22.6 Å². The summed E-state index contributed by atoms with van der Waals surface area (Å²) in [4.78, 5) is 14.4. The Morgan fingerprint density at radius 3 is 1.74 bits per heavy atom. The van der Waals surface area contributed by atoms with E-state index in [0.717, 1.165) is 0 Å². The van der Waals surface area contributed by atoms with Gasteiger partial charge in [0.25, 0.3) is 5.95 Å². The SMILES string of the molecule is O=C(c1cc(F)c(F)c(F)c1)c1c(C(F)(F)F)nn(-c2c(F)c(F)nc(C(F)(F)F)c2F)c1O.[Cu]. The molecule has 0 atom stereocenters. The van der Waals surface area contributed by atoms with Crippen LogP contribution in [0.3, 0.4) is 0 Å². The number of carbonyl (C=O) groups excluding carboxylic acids is 1. The summed E-state index contributed by atoms with van der Waals surface area (Å²) in [5.41, 5.74) is -11.0. The van der Waals surface area contributed by atoms with Crippen LogP contribution in [0.4, 0.5) is 52.7 Å². The molecule has 5 nitrogen and oxygen atoms in total. The van der Waals surface area contributed by atoms with Crippen molar-refractivity contribution in [2.45, 2.75) is 12.4 Å². The number of alkyl halides is 6. The van der Waals surface area contributed by atoms with Crippen molar-refractivity contribution in [2.24, 2.45) is 0 Å². The van der Waals surface area contributed by atoms with Crippen LogP contribution in [0.1, 0.15) is 27.3 Å². The number of ketones is 1. The molecule has 1 aromatic carbocycles. The van der Waals surface area contributed by atoms with Crippen LogP contribution in [-0.2, 0) is 29.4 Å². The molecule has 0 aliphatic carbocycles. The van der Waals surface area contributed by atoms with Crippen molar-refractivity contribution < 1.29 is 79.7 Å². The molecule has 2 heterocycles. The molecular weight excluding hydrogens is 570 g/mol. The van der Waals surface area contributed by atoms with Gasteiger partial charge < -0.3 is 5.11 Å². The van der Waals surface area contributed by atoms with Crippen LogP contribution in [-0.4, -0.2) is 25.7 Å². The molecule has 0 aliphatic heterocycles. The number of aromatic nitrogens is 3. The summed E-state index contributed by atoms with van der Waals surface area (Å²) in [5.74, 6) is -18.7. The first kappa shape index (κ1) is 28.0. The Balaban J connectivity index is 0.00000432. The van der Waals surface area contributed by atoms with Crippen LogP contribution in [0.5, 0.6) is 5.88 Å². The third kappa shape index (κ3) is 4.80. The number of rotatable bonds is 3. The molecule has 3 rings (SSSR count). The van der Waals surface area contributed by atoms with Crippen LogP contribution in [0.25, 0.3) is 5.69 Å². The Morgan fingerprint density at radius 2 is 1.29 bits per heavy atom. The standard InChI is InChI=1S/C17H3F12N3O2.Cu/c18-4-1-3(2-5(19)7(4)20)11(33)6-12(16(24,25)26)31-32(15(6)34)10-8(21)13(17(27,28)29)30-14(23)9(10)22;/h1-2,34H;. The zero-order valence-electron chi connectivity index (χ0n) is 15.7. The summed E-state index contributed by atoms with van der Waals surface area (Å²) in [6.45, 7) is 0. The molecular formula is C17H3CuF12N3O2. The smallest absolute Gasteiger partial charge is 0.436 e. The predicted molar refractivity (Wildman–Crippen MR) is 82.7 cm³/mol. The molecule has 0 amide bonds. The molecule has 0 spiro atoms. The van der Waals surface area contributed by atoms with E-state index in [9.17, 15) is 62.6 Å². The van der Waals surface area contributed by atoms with E-state index in [1.807, 2.05) is 4.98 Å². The zero-order chi connectivity index (χ0) is 25.9. The van der Waals surface area contributed by atoms with E-state index in [0.29, 0.717) is 0 Å². The fourth-order valence-electron chi connectivity index (χ4n) is 2.68. The summed E-state index contributed by atoms with van der Waals surface area (Å²) in [6, 6.07) is -0.209. The van der Waals surface area contributed by atoms with Gasteiger partial charge in [-0.1, -0.05) is 0 Å². The van der Waals surface area contributed by atoms with E-state index in [4.69, 9.17) is 0 Å². The number of halogens is 12. The quantitative estimate of drug-likeness (QED) is 0.156. The maximum absolute atomic E-state index is 14.3. The van der Waals surface area contributed by atoms with E-state index in [-0.39, 0.29) is 29.2 Å². The Bertz CT molecular complexity index is 1310. The summed E-state index contributed by atoms with van der Waals surface area (Å²) < 4.78 is 160. The van der Waals surface area contributed by atoms with Crippen molar-refractivity contribution >= 4 is 5.78 Å². The Kier molecular flexibility index (Phi) is 7.25. The minimum atomic E-state index is -5.80. The van der Waals surface area contributed by atoms with Gasteiger partial charge in [-0.15, -0.1) is 0 Å². The van der Waals surface area contributed by atoms with Crippen molar-refractivity contribution in [3.63, 3.8) is 0 Å². The normalized spacial score (nSPS) is 12.0. The molecule has 0 unspecified atom stereocenters. The Labute approximate surface area is 194 Å². The molecule has 0 saturated carbocycles. The van der Waals surface area contributed by atoms with Gasteiger partial charge in [0.1, 0.15) is 11.3 Å². The molecule has 3 aromatic rings. The molecule has 0 bridgehead atoms. The molecule has 35 heavy (non-hydrogen) atoms. The number of benzene rings is 1. The van der Waals surface area contributed by atoms with E-state index < -0.39 is 91.9 Å². The minimum Gasteiger partial charge on any atom is -0.493 e. The van der Waals surface area contributed by atoms with Gasteiger partial charge in [0.2, 0.25) is 17.5 Å². The van der Waals surface area contributed by atoms with Gasteiger partial charge in [0.15, 0.2) is 34.7 Å². The molecule has 193 valence electrons. The first-order chi connectivity index (χ1) is 15.5. The predicted octanol–water partition coefficient (Wildman–Crippen LogP) is 5.07. The summed E-state index contributed by atoms with van der Waals surface area (Å²) in [6.07, 6.45) is -11.6. The minimum absolute atomic E-state index is 0. The second-order valence-corrected chi connectivity index (χ2v) is 6.27. The summed E-state index contributed by atoms with van der Waals surface area (Å²) in [7, 11) is 0. The molecule has 0 saturated heterocycles. The fraction of sp³-hybridized carbons (Fsp3) is 0.118. The third-order valence-electron chi connectivity index (χ3n) is 4.10. The number of pyridine rings is 1. The second kappa shape index (κ2) is 9.07. The van der Waals surface area contributed by atoms with Gasteiger partial charge in [-0.25, -0.2) is 22.5 Å². The van der Waals surface area contributed by atoms with E-state index in [2.05, 4.69) is 5.10 Å². The average Bonchev–Trinajstić information content (AvgIpc) is 3.04. The van der Waals surface area contributed by atoms with Gasteiger partial charge in [-0.3, -0.25) is 4.79 Å². The van der Waals surface area contributed by atoms with Crippen molar-refractivity contribution in [1.82, 2.24) is 14.8 Å². The molecule has 0 fully saturated rings. The van der Waals surface area contributed by atoms with E-state index >= 15 is 0 Å². The first-order valence-electron chi connectivity index (χ1n) is 8.17. The number of carbonyl (C=O) groups is 1. The number of aromatic hydroxyl groups is 1. The maximum Gasteiger partial charge on any atom is 0.436 e. The van der Waals surface area contributed by atoms with Crippen molar-refractivity contribution in [3.8, 4) is 11.6 Å². The van der Waals surface area contributed by atoms with Crippen LogP contribution < -0.4 is 0 Å². The first-order valence-corrected chi connectivity index (χ1v) is 8.17. The van der Waals surface area contributed by atoms with Crippen molar-refractivity contribution in [3.05, 3.63) is 69.7 Å². The van der Waals surface area contributed by atoms with Crippen LogP contribution in [0.2, 0.25) is 0 Å². The van der Waals surface area contributed by atoms with Crippen molar-refractivity contribution in [2.75, 3.05) is 0 Å². The Morgan fingerprint density at radius 1 is 0.800 bits per heavy atom. The van der Waals surface area contributed by atoms with Gasteiger partial charge in [-0.05, 0) is 12.1 Å². The monoisotopic (exact) mass is 572 g/mol. The van der Waals surface area contributed by atoms with Gasteiger partial charge in [0.05, 0.1) is 0 Å². The molecule has 1 N–H and O–H groups in total. The topological polar surface area (TPSA) is 68.0 Å².